The number of nitrogens with zero attached hydrogens (tertiary/aromatic N) is 1. The first-order valence-corrected chi connectivity index (χ1v) is 6.43. The third-order valence-corrected chi connectivity index (χ3v) is 2.99. The predicted molar refractivity (Wildman–Crippen MR) is 76.9 cm³/mol. The largest absolute Gasteiger partial charge is 0.478 e. The average molecular weight is 289 g/mol. The van der Waals surface area contributed by atoms with Gasteiger partial charge in [0.1, 0.15) is 5.82 Å². The SMILES string of the molecule is CN(Cc1ccoc1)Cc1ccc(F)cc1C=CC(=O)O. The van der Waals surface area contributed by atoms with Gasteiger partial charge in [-0.3, -0.25) is 4.90 Å². The summed E-state index contributed by atoms with van der Waals surface area (Å²) in [6.07, 6.45) is 5.70. The second-order valence-electron chi connectivity index (χ2n) is 4.82. The quantitative estimate of drug-likeness (QED) is 0.830. The van der Waals surface area contributed by atoms with Gasteiger partial charge in [-0.15, -0.1) is 0 Å². The number of rotatable bonds is 6. The molecule has 0 radical (unpaired) electrons. The van der Waals surface area contributed by atoms with E-state index in [9.17, 15) is 9.18 Å². The highest BCUT2D eigenvalue weighted by Gasteiger charge is 2.07. The maximum Gasteiger partial charge on any atom is 0.328 e. The topological polar surface area (TPSA) is 53.7 Å². The summed E-state index contributed by atoms with van der Waals surface area (Å²) >= 11 is 0. The van der Waals surface area contributed by atoms with E-state index in [0.29, 0.717) is 18.7 Å². The Morgan fingerprint density at radius 3 is 2.86 bits per heavy atom. The van der Waals surface area contributed by atoms with Gasteiger partial charge in [-0.2, -0.15) is 0 Å². The van der Waals surface area contributed by atoms with Crippen LogP contribution in [-0.2, 0) is 17.9 Å². The van der Waals surface area contributed by atoms with Crippen molar-refractivity contribution in [2.45, 2.75) is 13.1 Å². The zero-order valence-electron chi connectivity index (χ0n) is 11.6. The number of aliphatic carboxylic acids is 1. The van der Waals surface area contributed by atoms with Crippen molar-refractivity contribution in [2.24, 2.45) is 0 Å². The molecule has 0 aliphatic heterocycles. The maximum atomic E-state index is 13.3. The summed E-state index contributed by atoms with van der Waals surface area (Å²) < 4.78 is 18.3. The van der Waals surface area contributed by atoms with Crippen LogP contribution in [-0.4, -0.2) is 23.0 Å². The molecular formula is C16H16FNO3. The lowest BCUT2D eigenvalue weighted by molar-refractivity contribution is -0.131. The van der Waals surface area contributed by atoms with Crippen molar-refractivity contribution in [3.05, 3.63) is 65.4 Å². The first-order valence-electron chi connectivity index (χ1n) is 6.43. The van der Waals surface area contributed by atoms with Crippen LogP contribution in [0.3, 0.4) is 0 Å². The maximum absolute atomic E-state index is 13.3. The summed E-state index contributed by atoms with van der Waals surface area (Å²) in [5, 5.41) is 8.69. The van der Waals surface area contributed by atoms with E-state index >= 15 is 0 Å². The molecule has 0 aliphatic rings. The molecule has 110 valence electrons. The summed E-state index contributed by atoms with van der Waals surface area (Å²) in [4.78, 5) is 12.6. The summed E-state index contributed by atoms with van der Waals surface area (Å²) in [5.74, 6) is -1.45. The third-order valence-electron chi connectivity index (χ3n) is 2.99. The van der Waals surface area contributed by atoms with Gasteiger partial charge < -0.3 is 9.52 Å². The summed E-state index contributed by atoms with van der Waals surface area (Å²) in [6, 6.07) is 6.26. The van der Waals surface area contributed by atoms with Crippen molar-refractivity contribution in [3.8, 4) is 0 Å². The molecule has 2 rings (SSSR count). The van der Waals surface area contributed by atoms with Crippen molar-refractivity contribution in [3.63, 3.8) is 0 Å². The average Bonchev–Trinajstić information content (AvgIpc) is 2.91. The minimum atomic E-state index is -1.06. The minimum absolute atomic E-state index is 0.388. The number of halogens is 1. The van der Waals surface area contributed by atoms with Gasteiger partial charge in [0.25, 0.3) is 0 Å². The molecule has 0 bridgehead atoms. The van der Waals surface area contributed by atoms with Crippen LogP contribution in [0.15, 0.2) is 47.3 Å². The van der Waals surface area contributed by atoms with Crippen LogP contribution < -0.4 is 0 Å². The Labute approximate surface area is 122 Å². The Bertz CT molecular complexity index is 635. The van der Waals surface area contributed by atoms with Crippen LogP contribution in [0.2, 0.25) is 0 Å². The highest BCUT2D eigenvalue weighted by molar-refractivity contribution is 5.85. The molecule has 5 heteroatoms. The lowest BCUT2D eigenvalue weighted by Gasteiger charge is -2.17. The molecule has 0 fully saturated rings. The Morgan fingerprint density at radius 2 is 2.19 bits per heavy atom. The zero-order valence-corrected chi connectivity index (χ0v) is 11.6. The fourth-order valence-electron chi connectivity index (χ4n) is 2.07. The predicted octanol–water partition coefficient (Wildman–Crippen LogP) is 3.15. The smallest absolute Gasteiger partial charge is 0.328 e. The van der Waals surface area contributed by atoms with Crippen LogP contribution in [0.4, 0.5) is 4.39 Å². The van der Waals surface area contributed by atoms with E-state index in [1.165, 1.54) is 18.2 Å². The number of carbonyl (C=O) groups is 1. The number of furan rings is 1. The van der Waals surface area contributed by atoms with Gasteiger partial charge in [-0.05, 0) is 42.4 Å². The molecule has 2 aromatic rings. The highest BCUT2D eigenvalue weighted by atomic mass is 19.1. The van der Waals surface area contributed by atoms with Crippen molar-refractivity contribution in [1.29, 1.82) is 0 Å². The lowest BCUT2D eigenvalue weighted by atomic mass is 10.1. The molecule has 0 atom stereocenters. The van der Waals surface area contributed by atoms with Crippen LogP contribution in [0.25, 0.3) is 6.08 Å². The third kappa shape index (κ3) is 4.57. The molecule has 0 spiro atoms. The van der Waals surface area contributed by atoms with E-state index in [2.05, 4.69) is 0 Å². The van der Waals surface area contributed by atoms with E-state index < -0.39 is 5.97 Å². The first kappa shape index (κ1) is 15.0. The van der Waals surface area contributed by atoms with Crippen molar-refractivity contribution in [1.82, 2.24) is 4.90 Å². The molecule has 0 saturated heterocycles. The molecule has 0 saturated carbocycles. The molecule has 1 aromatic heterocycles. The van der Waals surface area contributed by atoms with Gasteiger partial charge in [0.2, 0.25) is 0 Å². The van der Waals surface area contributed by atoms with E-state index in [1.54, 1.807) is 18.6 Å². The molecule has 4 nitrogen and oxygen atoms in total. The second kappa shape index (κ2) is 6.85. The van der Waals surface area contributed by atoms with Crippen molar-refractivity contribution >= 4 is 12.0 Å². The molecule has 0 amide bonds. The van der Waals surface area contributed by atoms with Crippen molar-refractivity contribution in [2.75, 3.05) is 7.05 Å². The van der Waals surface area contributed by atoms with E-state index in [-0.39, 0.29) is 5.82 Å². The Kier molecular flexibility index (Phi) is 4.90. The fraction of sp³-hybridized carbons (Fsp3) is 0.188. The van der Waals surface area contributed by atoms with Gasteiger partial charge in [-0.1, -0.05) is 6.07 Å². The number of hydrogen-bond acceptors (Lipinski definition) is 3. The van der Waals surface area contributed by atoms with Crippen molar-refractivity contribution < 1.29 is 18.7 Å². The van der Waals surface area contributed by atoms with Gasteiger partial charge >= 0.3 is 5.97 Å². The summed E-state index contributed by atoms with van der Waals surface area (Å²) in [6.45, 7) is 1.26. The number of carboxylic acids is 1. The molecule has 21 heavy (non-hydrogen) atoms. The number of hydrogen-bond donors (Lipinski definition) is 1. The monoisotopic (exact) mass is 289 g/mol. The van der Waals surface area contributed by atoms with Gasteiger partial charge in [0, 0.05) is 24.7 Å². The van der Waals surface area contributed by atoms with E-state index in [1.807, 2.05) is 18.0 Å². The lowest BCUT2D eigenvalue weighted by Crippen LogP contribution is -2.17. The van der Waals surface area contributed by atoms with Crippen LogP contribution in [0.5, 0.6) is 0 Å². The van der Waals surface area contributed by atoms with Crippen LogP contribution in [0.1, 0.15) is 16.7 Å². The number of benzene rings is 1. The Morgan fingerprint density at radius 1 is 1.38 bits per heavy atom. The Hall–Kier alpha value is -2.40. The summed E-state index contributed by atoms with van der Waals surface area (Å²) in [7, 11) is 1.93. The van der Waals surface area contributed by atoms with Gasteiger partial charge in [0.15, 0.2) is 0 Å². The van der Waals surface area contributed by atoms with Crippen LogP contribution >= 0.6 is 0 Å². The molecular weight excluding hydrogens is 273 g/mol. The Balaban J connectivity index is 2.13. The molecule has 0 unspecified atom stereocenters. The molecule has 1 N–H and O–H groups in total. The van der Waals surface area contributed by atoms with E-state index in [4.69, 9.17) is 9.52 Å². The van der Waals surface area contributed by atoms with Gasteiger partial charge in [0.05, 0.1) is 12.5 Å². The number of carboxylic acid groups (broad SMARTS) is 1. The molecule has 1 aromatic carbocycles. The molecule has 1 heterocycles. The summed E-state index contributed by atoms with van der Waals surface area (Å²) in [5.41, 5.74) is 2.47. The fourth-order valence-corrected chi connectivity index (χ4v) is 2.07. The standard InChI is InChI=1S/C16H16FNO3/c1-18(9-12-6-7-21-11-12)10-14-2-4-15(17)8-13(14)3-5-16(19)20/h2-8,11H,9-10H2,1H3,(H,19,20). The van der Waals surface area contributed by atoms with Crippen LogP contribution in [0, 0.1) is 5.82 Å². The highest BCUT2D eigenvalue weighted by Crippen LogP contribution is 2.16. The minimum Gasteiger partial charge on any atom is -0.478 e. The molecule has 0 aliphatic carbocycles. The second-order valence-corrected chi connectivity index (χ2v) is 4.82. The normalized spacial score (nSPS) is 11.4. The van der Waals surface area contributed by atoms with Gasteiger partial charge in [-0.25, -0.2) is 9.18 Å². The zero-order chi connectivity index (χ0) is 15.2. The first-order chi connectivity index (χ1) is 10.0. The van der Waals surface area contributed by atoms with E-state index in [0.717, 1.165) is 17.2 Å².